The smallest absolute Gasteiger partial charge is 0.246 e. The summed E-state index contributed by atoms with van der Waals surface area (Å²) >= 11 is 0. The van der Waals surface area contributed by atoms with E-state index >= 15 is 0 Å². The van der Waals surface area contributed by atoms with Crippen LogP contribution in [-0.4, -0.2) is 79.2 Å². The van der Waals surface area contributed by atoms with Crippen molar-refractivity contribution in [2.75, 3.05) is 56.2 Å². The van der Waals surface area contributed by atoms with Gasteiger partial charge >= 0.3 is 0 Å². The Labute approximate surface area is 253 Å². The fraction of sp³-hybridized carbons (Fsp3) is 0.412. The highest BCUT2D eigenvalue weighted by molar-refractivity contribution is 6.04. The Balaban J connectivity index is 1.31. The molecule has 0 aliphatic carbocycles. The van der Waals surface area contributed by atoms with Crippen molar-refractivity contribution in [2.24, 2.45) is 0 Å². The van der Waals surface area contributed by atoms with Crippen molar-refractivity contribution < 1.29 is 9.53 Å². The summed E-state index contributed by atoms with van der Waals surface area (Å²) in [6.07, 6.45) is 6.53. The van der Waals surface area contributed by atoms with Crippen molar-refractivity contribution in [1.29, 1.82) is 10.5 Å². The van der Waals surface area contributed by atoms with Crippen LogP contribution in [0.5, 0.6) is 5.88 Å². The van der Waals surface area contributed by atoms with Crippen LogP contribution >= 0.6 is 0 Å². The summed E-state index contributed by atoms with van der Waals surface area (Å²) in [6.45, 7) is 8.42. The Morgan fingerprint density at radius 3 is 2.58 bits per heavy atom. The van der Waals surface area contributed by atoms with Crippen LogP contribution in [0.25, 0.3) is 10.8 Å². The number of carbonyl (C=O) groups excluding carboxylic acids is 1. The second kappa shape index (κ2) is 12.3. The van der Waals surface area contributed by atoms with Gasteiger partial charge in [-0.2, -0.15) is 10.5 Å². The summed E-state index contributed by atoms with van der Waals surface area (Å²) in [6, 6.07) is 17.5. The van der Waals surface area contributed by atoms with E-state index in [9.17, 15) is 15.3 Å². The van der Waals surface area contributed by atoms with E-state index in [2.05, 4.69) is 81.8 Å². The predicted molar refractivity (Wildman–Crippen MR) is 167 cm³/mol. The van der Waals surface area contributed by atoms with Gasteiger partial charge in [-0.1, -0.05) is 30.8 Å². The maximum absolute atomic E-state index is 12.5. The molecule has 9 nitrogen and oxygen atoms in total. The van der Waals surface area contributed by atoms with Gasteiger partial charge in [-0.25, -0.2) is 4.98 Å². The molecule has 2 atom stereocenters. The van der Waals surface area contributed by atoms with Gasteiger partial charge in [-0.05, 0) is 67.6 Å². The van der Waals surface area contributed by atoms with E-state index in [-0.39, 0.29) is 18.4 Å². The highest BCUT2D eigenvalue weighted by Crippen LogP contribution is 2.39. The summed E-state index contributed by atoms with van der Waals surface area (Å²) in [5, 5.41) is 22.0. The van der Waals surface area contributed by atoms with Crippen molar-refractivity contribution >= 4 is 28.1 Å². The first-order chi connectivity index (χ1) is 21.0. The topological polar surface area (TPSA) is 99.7 Å². The maximum Gasteiger partial charge on any atom is 0.246 e. The van der Waals surface area contributed by atoms with Gasteiger partial charge in [0.15, 0.2) is 0 Å². The second-order valence-corrected chi connectivity index (χ2v) is 11.7. The molecule has 3 aliphatic rings. The van der Waals surface area contributed by atoms with Crippen LogP contribution in [0.15, 0.2) is 55.3 Å². The Morgan fingerprint density at radius 1 is 1.09 bits per heavy atom. The first-order valence-corrected chi connectivity index (χ1v) is 15.1. The molecule has 1 aromatic heterocycles. The standard InChI is InChI=1S/C34H37N7O2/c1-3-32(42)41-18-17-40(21-26(41)12-14-35)31-11-5-8-24-7-4-10-30(33(24)31)39-16-13-25-20-37-34(28(19-36)29(25)22-39)43-23-27-9-6-15-38(27)2/h3-5,7-8,10-11,20,26-27H,1,6,9,12-13,15-18,21-23H2,2H3/t26-,27+/m1/s1. The number of rotatable bonds is 7. The van der Waals surface area contributed by atoms with E-state index in [1.807, 2.05) is 6.20 Å². The van der Waals surface area contributed by atoms with Crippen LogP contribution in [0.1, 0.15) is 36.0 Å². The van der Waals surface area contributed by atoms with Crippen molar-refractivity contribution in [2.45, 2.75) is 44.3 Å². The fourth-order valence-corrected chi connectivity index (χ4v) is 6.88. The maximum atomic E-state index is 12.5. The molecule has 9 heteroatoms. The zero-order valence-corrected chi connectivity index (χ0v) is 24.7. The molecule has 3 aliphatic heterocycles. The molecular formula is C34H37N7O2. The van der Waals surface area contributed by atoms with E-state index < -0.39 is 0 Å². The van der Waals surface area contributed by atoms with E-state index in [1.54, 1.807) is 4.90 Å². The molecule has 220 valence electrons. The zero-order chi connectivity index (χ0) is 29.9. The normalized spacial score (nSPS) is 20.4. The number of nitriles is 2. The summed E-state index contributed by atoms with van der Waals surface area (Å²) in [5.74, 6) is 0.296. The third-order valence-corrected chi connectivity index (χ3v) is 9.25. The lowest BCUT2D eigenvalue weighted by molar-refractivity contribution is -0.128. The van der Waals surface area contributed by atoms with Crippen molar-refractivity contribution in [1.82, 2.24) is 14.8 Å². The average Bonchev–Trinajstić information content (AvgIpc) is 3.46. The quantitative estimate of drug-likeness (QED) is 0.386. The van der Waals surface area contributed by atoms with Gasteiger partial charge in [-0.3, -0.25) is 4.79 Å². The number of hydrogen-bond acceptors (Lipinski definition) is 8. The van der Waals surface area contributed by atoms with Crippen LogP contribution in [-0.2, 0) is 17.8 Å². The molecule has 6 rings (SSSR count). The van der Waals surface area contributed by atoms with Crippen LogP contribution in [0.2, 0.25) is 0 Å². The molecule has 2 aromatic carbocycles. The number of likely N-dealkylation sites (tertiary alicyclic amines) is 1. The number of nitrogens with zero attached hydrogens (tertiary/aromatic N) is 7. The Kier molecular flexibility index (Phi) is 8.18. The molecule has 43 heavy (non-hydrogen) atoms. The third-order valence-electron chi connectivity index (χ3n) is 9.25. The second-order valence-electron chi connectivity index (χ2n) is 11.7. The van der Waals surface area contributed by atoms with Gasteiger partial charge in [0.25, 0.3) is 0 Å². The van der Waals surface area contributed by atoms with E-state index in [0.29, 0.717) is 50.3 Å². The largest absolute Gasteiger partial charge is 0.475 e. The first kappa shape index (κ1) is 28.5. The van der Waals surface area contributed by atoms with Crippen LogP contribution in [0.4, 0.5) is 11.4 Å². The third kappa shape index (κ3) is 5.49. The number of anilines is 2. The van der Waals surface area contributed by atoms with Crippen molar-refractivity contribution in [3.05, 3.63) is 71.9 Å². The minimum Gasteiger partial charge on any atom is -0.475 e. The molecule has 0 spiro atoms. The van der Waals surface area contributed by atoms with Gasteiger partial charge in [0.2, 0.25) is 11.8 Å². The molecule has 0 N–H and O–H groups in total. The van der Waals surface area contributed by atoms with E-state index in [4.69, 9.17) is 4.74 Å². The number of carbonyl (C=O) groups is 1. The fourth-order valence-electron chi connectivity index (χ4n) is 6.88. The molecule has 4 heterocycles. The highest BCUT2D eigenvalue weighted by Gasteiger charge is 2.31. The van der Waals surface area contributed by atoms with Crippen LogP contribution < -0.4 is 14.5 Å². The predicted octanol–water partition coefficient (Wildman–Crippen LogP) is 4.26. The number of likely N-dealkylation sites (N-methyl/N-ethyl adjacent to an activating group) is 1. The summed E-state index contributed by atoms with van der Waals surface area (Å²) in [4.78, 5) is 25.8. The molecular weight excluding hydrogens is 538 g/mol. The molecule has 2 fully saturated rings. The average molecular weight is 576 g/mol. The Bertz CT molecular complexity index is 1620. The van der Waals surface area contributed by atoms with E-state index in [0.717, 1.165) is 65.6 Å². The van der Waals surface area contributed by atoms with Gasteiger partial charge < -0.3 is 24.3 Å². The number of amides is 1. The summed E-state index contributed by atoms with van der Waals surface area (Å²) in [7, 11) is 2.12. The SMILES string of the molecule is C=CC(=O)N1CCN(c2cccc3cccc(N4CCc5cnc(OC[C@@H]6CCCN6C)c(C#N)c5C4)c23)C[C@H]1CC#N. The minimum absolute atomic E-state index is 0.133. The number of benzene rings is 2. The molecule has 0 unspecified atom stereocenters. The summed E-state index contributed by atoms with van der Waals surface area (Å²) in [5.41, 5.74) is 4.81. The number of pyridine rings is 1. The lowest BCUT2D eigenvalue weighted by Crippen LogP contribution is -2.55. The number of hydrogen-bond donors (Lipinski definition) is 0. The van der Waals surface area contributed by atoms with Gasteiger partial charge in [0.05, 0.1) is 18.5 Å². The van der Waals surface area contributed by atoms with Crippen molar-refractivity contribution in [3.8, 4) is 18.0 Å². The molecule has 1 amide bonds. The van der Waals surface area contributed by atoms with Gasteiger partial charge in [0, 0.05) is 61.7 Å². The highest BCUT2D eigenvalue weighted by atomic mass is 16.5. The molecule has 0 saturated carbocycles. The van der Waals surface area contributed by atoms with E-state index in [1.165, 1.54) is 6.08 Å². The number of aromatic nitrogens is 1. The Morgan fingerprint density at radius 2 is 1.88 bits per heavy atom. The lowest BCUT2D eigenvalue weighted by Gasteiger charge is -2.42. The lowest BCUT2D eigenvalue weighted by atomic mass is 9.96. The minimum atomic E-state index is -0.207. The number of piperazine rings is 1. The molecule has 3 aromatic rings. The van der Waals surface area contributed by atoms with Crippen molar-refractivity contribution in [3.63, 3.8) is 0 Å². The number of ether oxygens (including phenoxy) is 1. The Hall–Kier alpha value is -4.60. The number of fused-ring (bicyclic) bond motifs is 2. The van der Waals surface area contributed by atoms with Gasteiger partial charge in [0.1, 0.15) is 18.2 Å². The molecule has 0 radical (unpaired) electrons. The van der Waals surface area contributed by atoms with Crippen LogP contribution in [0, 0.1) is 22.7 Å². The monoisotopic (exact) mass is 575 g/mol. The van der Waals surface area contributed by atoms with Gasteiger partial charge in [-0.15, -0.1) is 0 Å². The first-order valence-electron chi connectivity index (χ1n) is 15.1. The molecule has 0 bridgehead atoms. The molecule has 2 saturated heterocycles. The van der Waals surface area contributed by atoms with Crippen LogP contribution in [0.3, 0.4) is 0 Å². The summed E-state index contributed by atoms with van der Waals surface area (Å²) < 4.78 is 6.16. The zero-order valence-electron chi connectivity index (χ0n) is 24.7.